The lowest BCUT2D eigenvalue weighted by molar-refractivity contribution is 0.0915. The maximum atomic E-state index is 12.6. The zero-order valence-corrected chi connectivity index (χ0v) is 16.4. The predicted octanol–water partition coefficient (Wildman–Crippen LogP) is 4.10. The second-order valence-corrected chi connectivity index (χ2v) is 8.07. The van der Waals surface area contributed by atoms with Crippen molar-refractivity contribution in [2.75, 3.05) is 26.7 Å². The van der Waals surface area contributed by atoms with Crippen LogP contribution in [-0.2, 0) is 11.3 Å². The van der Waals surface area contributed by atoms with Gasteiger partial charge < -0.3 is 10.1 Å². The number of nitrogens with zero attached hydrogens (tertiary/aromatic N) is 1. The maximum absolute atomic E-state index is 12.6. The predicted molar refractivity (Wildman–Crippen MR) is 107 cm³/mol. The van der Waals surface area contributed by atoms with Crippen molar-refractivity contribution in [3.05, 3.63) is 57.8 Å². The first-order chi connectivity index (χ1) is 12.7. The third-order valence-corrected chi connectivity index (χ3v) is 6.09. The number of benzene rings is 1. The van der Waals surface area contributed by atoms with Crippen molar-refractivity contribution >= 4 is 17.2 Å². The zero-order chi connectivity index (χ0) is 18.4. The SMILES string of the molecule is COCc1ccc(C(=O)NCC(c2cccs2)N2CCC(C)CC2)cc1. The van der Waals surface area contributed by atoms with E-state index in [2.05, 4.69) is 34.7 Å². The second kappa shape index (κ2) is 9.31. The number of hydrogen-bond donors (Lipinski definition) is 1. The van der Waals surface area contributed by atoms with Crippen LogP contribution < -0.4 is 5.32 Å². The van der Waals surface area contributed by atoms with Gasteiger partial charge in [0, 0.05) is 24.1 Å². The minimum absolute atomic E-state index is 0.0131. The highest BCUT2D eigenvalue weighted by molar-refractivity contribution is 7.10. The normalized spacial score (nSPS) is 17.2. The molecule has 0 saturated carbocycles. The van der Waals surface area contributed by atoms with Gasteiger partial charge in [0.25, 0.3) is 5.91 Å². The molecule has 1 amide bonds. The molecule has 1 aromatic heterocycles. The molecule has 4 nitrogen and oxygen atoms in total. The Balaban J connectivity index is 1.62. The molecule has 3 rings (SSSR count). The van der Waals surface area contributed by atoms with E-state index in [1.54, 1.807) is 18.4 Å². The summed E-state index contributed by atoms with van der Waals surface area (Å²) >= 11 is 1.77. The first-order valence-electron chi connectivity index (χ1n) is 9.31. The number of thiophene rings is 1. The molecule has 1 atom stereocenters. The summed E-state index contributed by atoms with van der Waals surface area (Å²) < 4.78 is 5.12. The number of carbonyl (C=O) groups is 1. The molecule has 0 spiro atoms. The van der Waals surface area contributed by atoms with Crippen LogP contribution in [0.2, 0.25) is 0 Å². The molecule has 2 heterocycles. The number of carbonyl (C=O) groups excluding carboxylic acids is 1. The van der Waals surface area contributed by atoms with Gasteiger partial charge in [-0.1, -0.05) is 25.1 Å². The van der Waals surface area contributed by atoms with Crippen LogP contribution in [0.15, 0.2) is 41.8 Å². The van der Waals surface area contributed by atoms with Gasteiger partial charge in [0.05, 0.1) is 12.6 Å². The van der Waals surface area contributed by atoms with Crippen LogP contribution in [0.3, 0.4) is 0 Å². The average Bonchev–Trinajstić information content (AvgIpc) is 3.18. The maximum Gasteiger partial charge on any atom is 0.251 e. The number of methoxy groups -OCH3 is 1. The number of amides is 1. The number of ether oxygens (including phenoxy) is 1. The van der Waals surface area contributed by atoms with E-state index >= 15 is 0 Å². The lowest BCUT2D eigenvalue weighted by atomic mass is 9.97. The van der Waals surface area contributed by atoms with Crippen molar-refractivity contribution < 1.29 is 9.53 Å². The van der Waals surface area contributed by atoms with Crippen LogP contribution in [0.1, 0.15) is 46.6 Å². The van der Waals surface area contributed by atoms with E-state index < -0.39 is 0 Å². The Morgan fingerprint density at radius 3 is 2.62 bits per heavy atom. The lowest BCUT2D eigenvalue weighted by Crippen LogP contribution is -2.41. The van der Waals surface area contributed by atoms with Crippen LogP contribution >= 0.6 is 11.3 Å². The van der Waals surface area contributed by atoms with Gasteiger partial charge in [0.1, 0.15) is 0 Å². The Morgan fingerprint density at radius 2 is 2.00 bits per heavy atom. The van der Waals surface area contributed by atoms with Crippen molar-refractivity contribution in [3.8, 4) is 0 Å². The fourth-order valence-electron chi connectivity index (χ4n) is 3.44. The fourth-order valence-corrected chi connectivity index (χ4v) is 4.30. The fraction of sp³-hybridized carbons (Fsp3) is 0.476. The standard InChI is InChI=1S/C21H28N2O2S/c1-16-9-11-23(12-10-16)19(20-4-3-13-26-20)14-22-21(24)18-7-5-17(6-8-18)15-25-2/h3-8,13,16,19H,9-12,14-15H2,1-2H3,(H,22,24). The highest BCUT2D eigenvalue weighted by Gasteiger charge is 2.25. The van der Waals surface area contributed by atoms with Crippen LogP contribution in [-0.4, -0.2) is 37.6 Å². The van der Waals surface area contributed by atoms with Gasteiger partial charge in [-0.15, -0.1) is 11.3 Å². The van der Waals surface area contributed by atoms with Crippen molar-refractivity contribution in [2.45, 2.75) is 32.4 Å². The van der Waals surface area contributed by atoms with Gasteiger partial charge >= 0.3 is 0 Å². The molecule has 5 heteroatoms. The van der Waals surface area contributed by atoms with E-state index in [1.807, 2.05) is 24.3 Å². The second-order valence-electron chi connectivity index (χ2n) is 7.09. The monoisotopic (exact) mass is 372 g/mol. The van der Waals surface area contributed by atoms with Gasteiger partial charge in [-0.25, -0.2) is 0 Å². The highest BCUT2D eigenvalue weighted by atomic mass is 32.1. The van der Waals surface area contributed by atoms with Gasteiger partial charge in [-0.3, -0.25) is 9.69 Å². The van der Waals surface area contributed by atoms with Gasteiger partial charge in [-0.2, -0.15) is 0 Å². The molecule has 1 fully saturated rings. The average molecular weight is 373 g/mol. The molecule has 2 aromatic rings. The molecule has 1 N–H and O–H groups in total. The summed E-state index contributed by atoms with van der Waals surface area (Å²) in [5.41, 5.74) is 1.77. The first kappa shape index (κ1) is 19.1. The molecule has 1 saturated heterocycles. The van der Waals surface area contributed by atoms with Crippen LogP contribution in [0.5, 0.6) is 0 Å². The molecule has 0 aliphatic carbocycles. The number of hydrogen-bond acceptors (Lipinski definition) is 4. The Hall–Kier alpha value is -1.69. The summed E-state index contributed by atoms with van der Waals surface area (Å²) in [6.45, 7) is 5.74. The molecular weight excluding hydrogens is 344 g/mol. The molecule has 1 aliphatic rings. The molecule has 1 aliphatic heterocycles. The van der Waals surface area contributed by atoms with E-state index in [9.17, 15) is 4.79 Å². The molecule has 26 heavy (non-hydrogen) atoms. The van der Waals surface area contributed by atoms with Crippen LogP contribution in [0.4, 0.5) is 0 Å². The van der Waals surface area contributed by atoms with E-state index in [0.29, 0.717) is 18.7 Å². The lowest BCUT2D eigenvalue weighted by Gasteiger charge is -2.36. The van der Waals surface area contributed by atoms with Crippen molar-refractivity contribution in [1.82, 2.24) is 10.2 Å². The summed E-state index contributed by atoms with van der Waals surface area (Å²) in [5, 5.41) is 5.26. The third-order valence-electron chi connectivity index (χ3n) is 5.11. The minimum atomic E-state index is -0.0131. The Kier molecular flexibility index (Phi) is 6.83. The third kappa shape index (κ3) is 4.93. The van der Waals surface area contributed by atoms with E-state index in [0.717, 1.165) is 24.6 Å². The Labute approximate surface area is 160 Å². The highest BCUT2D eigenvalue weighted by Crippen LogP contribution is 2.29. The first-order valence-corrected chi connectivity index (χ1v) is 10.2. The minimum Gasteiger partial charge on any atom is -0.380 e. The summed E-state index contributed by atoms with van der Waals surface area (Å²) in [4.78, 5) is 16.4. The van der Waals surface area contributed by atoms with Crippen molar-refractivity contribution in [2.24, 2.45) is 5.92 Å². The summed E-state index contributed by atoms with van der Waals surface area (Å²) in [6.07, 6.45) is 2.47. The van der Waals surface area contributed by atoms with Crippen molar-refractivity contribution in [3.63, 3.8) is 0 Å². The molecule has 140 valence electrons. The van der Waals surface area contributed by atoms with Gasteiger partial charge in [0.2, 0.25) is 0 Å². The summed E-state index contributed by atoms with van der Waals surface area (Å²) in [6, 6.07) is 12.2. The van der Waals surface area contributed by atoms with Gasteiger partial charge in [0.15, 0.2) is 0 Å². The molecular formula is C21H28N2O2S. The number of nitrogens with one attached hydrogen (secondary N) is 1. The van der Waals surface area contributed by atoms with Crippen molar-refractivity contribution in [1.29, 1.82) is 0 Å². The van der Waals surface area contributed by atoms with E-state index in [1.165, 1.54) is 17.7 Å². The number of rotatable bonds is 7. The molecule has 1 unspecified atom stereocenters. The Morgan fingerprint density at radius 1 is 1.27 bits per heavy atom. The topological polar surface area (TPSA) is 41.6 Å². The van der Waals surface area contributed by atoms with E-state index in [4.69, 9.17) is 4.74 Å². The molecule has 0 radical (unpaired) electrons. The largest absolute Gasteiger partial charge is 0.380 e. The number of likely N-dealkylation sites (tertiary alicyclic amines) is 1. The summed E-state index contributed by atoms with van der Waals surface area (Å²) in [5.74, 6) is 0.788. The zero-order valence-electron chi connectivity index (χ0n) is 15.6. The van der Waals surface area contributed by atoms with E-state index in [-0.39, 0.29) is 11.9 Å². The quantitative estimate of drug-likeness (QED) is 0.796. The number of piperidine rings is 1. The Bertz CT molecular complexity index is 677. The molecule has 0 bridgehead atoms. The van der Waals surface area contributed by atoms with Gasteiger partial charge in [-0.05, 0) is 61.0 Å². The smallest absolute Gasteiger partial charge is 0.251 e. The van der Waals surface area contributed by atoms with Crippen LogP contribution in [0, 0.1) is 5.92 Å². The molecule has 1 aromatic carbocycles. The van der Waals surface area contributed by atoms with Crippen LogP contribution in [0.25, 0.3) is 0 Å². The summed E-state index contributed by atoms with van der Waals surface area (Å²) in [7, 11) is 1.67.